The molecular formula is C44H45ClN4O6. The molecule has 55 heavy (non-hydrogen) atoms. The van der Waals surface area contributed by atoms with Crippen molar-refractivity contribution >= 4 is 58.0 Å². The Hall–Kier alpha value is -5.74. The van der Waals surface area contributed by atoms with Crippen molar-refractivity contribution in [3.8, 4) is 5.75 Å². The highest BCUT2D eigenvalue weighted by Crippen LogP contribution is 2.36. The van der Waals surface area contributed by atoms with E-state index in [1.165, 1.54) is 5.57 Å². The summed E-state index contributed by atoms with van der Waals surface area (Å²) in [6.07, 6.45) is 3.54. The lowest BCUT2D eigenvalue weighted by molar-refractivity contribution is -0.136. The van der Waals surface area contributed by atoms with E-state index in [1.807, 2.05) is 48.5 Å². The lowest BCUT2D eigenvalue weighted by Gasteiger charge is -2.27. The first-order valence-corrected chi connectivity index (χ1v) is 19.3. The number of unbranched alkanes of at least 4 members (excludes halogenated alkanes) is 2. The predicted octanol–water partition coefficient (Wildman–Crippen LogP) is 7.19. The van der Waals surface area contributed by atoms with Crippen LogP contribution >= 0.6 is 11.6 Å². The molecule has 1 fully saturated rings. The highest BCUT2D eigenvalue weighted by atomic mass is 35.5. The quantitative estimate of drug-likeness (QED) is 0.0506. The van der Waals surface area contributed by atoms with Crippen LogP contribution in [0.25, 0.3) is 11.1 Å². The van der Waals surface area contributed by atoms with Gasteiger partial charge in [0.25, 0.3) is 11.8 Å². The van der Waals surface area contributed by atoms with Gasteiger partial charge in [0, 0.05) is 38.0 Å². The Kier molecular flexibility index (Phi) is 13.1. The number of hydrogen-bond donors (Lipinski definition) is 2. The average molecular weight is 761 g/mol. The summed E-state index contributed by atoms with van der Waals surface area (Å²) in [5, 5.41) is 5.47. The van der Waals surface area contributed by atoms with Crippen LogP contribution in [0, 0.1) is 0 Å². The van der Waals surface area contributed by atoms with Gasteiger partial charge in [-0.05, 0) is 77.8 Å². The van der Waals surface area contributed by atoms with Crippen LogP contribution in [-0.2, 0) is 14.4 Å². The van der Waals surface area contributed by atoms with E-state index in [-0.39, 0.29) is 29.9 Å². The number of benzene rings is 4. The van der Waals surface area contributed by atoms with E-state index in [2.05, 4.69) is 47.0 Å². The van der Waals surface area contributed by atoms with Crippen LogP contribution in [0.2, 0.25) is 0 Å². The summed E-state index contributed by atoms with van der Waals surface area (Å²) in [5.41, 5.74) is 6.63. The topological polar surface area (TPSA) is 125 Å². The number of carbonyl (C=O) groups is 5. The van der Waals surface area contributed by atoms with E-state index in [0.29, 0.717) is 44.1 Å². The van der Waals surface area contributed by atoms with E-state index >= 15 is 0 Å². The SMILES string of the molecule is CN(CCOc1ccc(C(=C(CCCl)c2ccccc2)c2ccccc2)cc1)C(=O)CCCCCNc1cccc2c1C(=O)N(C1CCC(=O)NC1=O)C2=O. The number of rotatable bonds is 17. The first kappa shape index (κ1) is 39.0. The molecule has 0 aromatic heterocycles. The normalized spacial score (nSPS) is 15.7. The van der Waals surface area contributed by atoms with Crippen LogP contribution in [0.3, 0.4) is 0 Å². The van der Waals surface area contributed by atoms with Crippen molar-refractivity contribution in [3.63, 3.8) is 0 Å². The molecule has 0 radical (unpaired) electrons. The molecule has 0 spiro atoms. The van der Waals surface area contributed by atoms with Crippen LogP contribution in [0.5, 0.6) is 5.75 Å². The number of hydrogen-bond acceptors (Lipinski definition) is 7. The van der Waals surface area contributed by atoms with Crippen molar-refractivity contribution in [2.24, 2.45) is 0 Å². The van der Waals surface area contributed by atoms with Gasteiger partial charge in [0.2, 0.25) is 17.7 Å². The fourth-order valence-corrected chi connectivity index (χ4v) is 7.25. The molecule has 4 aromatic rings. The van der Waals surface area contributed by atoms with Crippen molar-refractivity contribution in [3.05, 3.63) is 131 Å². The number of amides is 5. The molecule has 284 valence electrons. The van der Waals surface area contributed by atoms with Gasteiger partial charge in [-0.2, -0.15) is 0 Å². The number of anilines is 1. The summed E-state index contributed by atoms with van der Waals surface area (Å²) in [5.74, 6) is -0.866. The third-order valence-electron chi connectivity index (χ3n) is 9.95. The van der Waals surface area contributed by atoms with E-state index < -0.39 is 29.7 Å². The van der Waals surface area contributed by atoms with E-state index in [9.17, 15) is 24.0 Å². The number of likely N-dealkylation sites (N-methyl/N-ethyl adjacent to an activating group) is 1. The second-order valence-corrected chi connectivity index (χ2v) is 14.0. The maximum Gasteiger partial charge on any atom is 0.264 e. The van der Waals surface area contributed by atoms with Crippen LogP contribution in [0.15, 0.2) is 103 Å². The fraction of sp³-hybridized carbons (Fsp3) is 0.295. The number of carbonyl (C=O) groups excluding carboxylic acids is 5. The molecular weight excluding hydrogens is 716 g/mol. The molecule has 4 aromatic carbocycles. The van der Waals surface area contributed by atoms with E-state index in [1.54, 1.807) is 30.1 Å². The zero-order chi connectivity index (χ0) is 38.7. The van der Waals surface area contributed by atoms with Crippen molar-refractivity contribution in [1.29, 1.82) is 0 Å². The lowest BCUT2D eigenvalue weighted by atomic mass is 9.88. The highest BCUT2D eigenvalue weighted by molar-refractivity contribution is 6.25. The van der Waals surface area contributed by atoms with Gasteiger partial charge in [-0.1, -0.05) is 85.3 Å². The first-order chi connectivity index (χ1) is 26.8. The number of allylic oxidation sites excluding steroid dienone is 1. The minimum atomic E-state index is -1.01. The summed E-state index contributed by atoms with van der Waals surface area (Å²) in [7, 11) is 1.78. The van der Waals surface area contributed by atoms with Gasteiger partial charge in [0.05, 0.1) is 17.7 Å². The Labute approximate surface area is 326 Å². The maximum absolute atomic E-state index is 13.3. The standard InChI is InChI=1S/C44H45ClN4O6/c1-48(28-29-55-33-21-19-32(20-22-33)40(31-14-7-3-8-15-31)34(25-26-45)30-12-5-2-6-13-30)39(51)18-9-4-10-27-46-36-17-11-16-35-41(36)44(54)49(43(35)53)37-23-24-38(50)47-42(37)52/h2-3,5-8,11-17,19-22,37,46H,4,9-10,18,23-29H2,1H3,(H,47,50,52). The molecule has 2 aliphatic heterocycles. The van der Waals surface area contributed by atoms with Crippen LogP contribution in [0.1, 0.15) is 82.4 Å². The number of piperidine rings is 1. The Morgan fingerprint density at radius 3 is 2.20 bits per heavy atom. The molecule has 10 nitrogen and oxygen atoms in total. The number of ether oxygens (including phenoxy) is 1. The van der Waals surface area contributed by atoms with Gasteiger partial charge >= 0.3 is 0 Å². The Balaban J connectivity index is 0.947. The summed E-state index contributed by atoms with van der Waals surface area (Å²) in [6, 6.07) is 32.7. The molecule has 0 aliphatic carbocycles. The van der Waals surface area contributed by atoms with Gasteiger partial charge in [-0.15, -0.1) is 11.6 Å². The molecule has 1 unspecified atom stereocenters. The molecule has 11 heteroatoms. The summed E-state index contributed by atoms with van der Waals surface area (Å²) < 4.78 is 6.04. The van der Waals surface area contributed by atoms with Crippen LogP contribution < -0.4 is 15.4 Å². The largest absolute Gasteiger partial charge is 0.492 e. The van der Waals surface area contributed by atoms with Crippen LogP contribution in [0.4, 0.5) is 5.69 Å². The number of alkyl halides is 1. The third kappa shape index (κ3) is 9.32. The van der Waals surface area contributed by atoms with Gasteiger partial charge in [0.15, 0.2) is 0 Å². The van der Waals surface area contributed by atoms with Crippen LogP contribution in [-0.4, -0.2) is 78.0 Å². The summed E-state index contributed by atoms with van der Waals surface area (Å²) in [4.78, 5) is 65.9. The predicted molar refractivity (Wildman–Crippen MR) is 214 cm³/mol. The third-order valence-corrected chi connectivity index (χ3v) is 10.1. The van der Waals surface area contributed by atoms with Crippen molar-refractivity contribution in [2.45, 2.75) is 51.0 Å². The number of imide groups is 2. The van der Waals surface area contributed by atoms with E-state index in [4.69, 9.17) is 16.3 Å². The second kappa shape index (κ2) is 18.5. The number of nitrogens with one attached hydrogen (secondary N) is 2. The molecule has 2 N–H and O–H groups in total. The molecule has 2 aliphatic rings. The zero-order valence-electron chi connectivity index (χ0n) is 30.9. The fourth-order valence-electron chi connectivity index (χ4n) is 7.06. The first-order valence-electron chi connectivity index (χ1n) is 18.7. The molecule has 1 saturated heterocycles. The summed E-state index contributed by atoms with van der Waals surface area (Å²) >= 11 is 6.30. The smallest absolute Gasteiger partial charge is 0.264 e. The molecule has 0 saturated carbocycles. The molecule has 1 atom stereocenters. The second-order valence-electron chi connectivity index (χ2n) is 13.6. The Bertz CT molecular complexity index is 2050. The lowest BCUT2D eigenvalue weighted by Crippen LogP contribution is -2.54. The molecule has 6 rings (SSSR count). The zero-order valence-corrected chi connectivity index (χ0v) is 31.6. The number of nitrogens with zero attached hydrogens (tertiary/aromatic N) is 2. The monoisotopic (exact) mass is 760 g/mol. The Morgan fingerprint density at radius 2 is 1.51 bits per heavy atom. The van der Waals surface area contributed by atoms with Crippen molar-refractivity contribution < 1.29 is 28.7 Å². The molecule has 5 amide bonds. The Morgan fingerprint density at radius 1 is 0.818 bits per heavy atom. The van der Waals surface area contributed by atoms with Gasteiger partial charge in [-0.25, -0.2) is 0 Å². The number of halogens is 1. The summed E-state index contributed by atoms with van der Waals surface area (Å²) in [6.45, 7) is 1.35. The number of fused-ring (bicyclic) bond motifs is 1. The van der Waals surface area contributed by atoms with E-state index in [0.717, 1.165) is 52.2 Å². The van der Waals surface area contributed by atoms with Crippen molar-refractivity contribution in [2.75, 3.05) is 37.9 Å². The molecule has 2 heterocycles. The molecule has 0 bridgehead atoms. The minimum absolute atomic E-state index is 0.0378. The highest BCUT2D eigenvalue weighted by Gasteiger charge is 2.45. The van der Waals surface area contributed by atoms with Gasteiger partial charge in [-0.3, -0.25) is 34.2 Å². The van der Waals surface area contributed by atoms with Gasteiger partial charge in [0.1, 0.15) is 18.4 Å². The van der Waals surface area contributed by atoms with Gasteiger partial charge < -0.3 is 15.0 Å². The maximum atomic E-state index is 13.3. The van der Waals surface area contributed by atoms with Crippen molar-refractivity contribution in [1.82, 2.24) is 15.1 Å². The minimum Gasteiger partial charge on any atom is -0.492 e. The average Bonchev–Trinajstić information content (AvgIpc) is 3.46.